The number of esters is 1. The van der Waals surface area contributed by atoms with Gasteiger partial charge in [-0.3, -0.25) is 4.79 Å². The second kappa shape index (κ2) is 7.47. The van der Waals surface area contributed by atoms with E-state index < -0.39 is 0 Å². The Morgan fingerprint density at radius 3 is 2.65 bits per heavy atom. The summed E-state index contributed by atoms with van der Waals surface area (Å²) in [5, 5.41) is 0.613. The largest absolute Gasteiger partial charge is 0.463 e. The molecule has 0 bridgehead atoms. The average molecular weight is 334 g/mol. The molecule has 1 unspecified atom stereocenters. The summed E-state index contributed by atoms with van der Waals surface area (Å²) in [6.45, 7) is 7.87. The van der Waals surface area contributed by atoms with Crippen molar-refractivity contribution >= 4 is 23.5 Å². The van der Waals surface area contributed by atoms with Crippen LogP contribution in [0.5, 0.6) is 0 Å². The molecule has 0 fully saturated rings. The number of halogens is 1. The van der Waals surface area contributed by atoms with Crippen molar-refractivity contribution in [3.05, 3.63) is 58.8 Å². The highest BCUT2D eigenvalue weighted by Crippen LogP contribution is 2.37. The summed E-state index contributed by atoms with van der Waals surface area (Å²) >= 11 is 5.93. The van der Waals surface area contributed by atoms with Crippen molar-refractivity contribution in [2.45, 2.75) is 26.2 Å². The molecule has 0 saturated heterocycles. The predicted octanol–water partition coefficient (Wildman–Crippen LogP) is 3.68. The van der Waals surface area contributed by atoms with Crippen molar-refractivity contribution < 1.29 is 14.3 Å². The number of carbonyl (C=O) groups is 2. The first-order chi connectivity index (χ1) is 11.0. The molecule has 1 aliphatic rings. The van der Waals surface area contributed by atoms with Crippen LogP contribution in [0.1, 0.15) is 31.7 Å². The number of ether oxygens (including phenoxy) is 1. The van der Waals surface area contributed by atoms with E-state index >= 15 is 0 Å². The van der Waals surface area contributed by atoms with Gasteiger partial charge in [0.15, 0.2) is 0 Å². The standard InChI is InChI=1S/C18H20ClNO3/c1-4-10-20-12(3)17(18(22)23-5-2)15(11-16(20)21)13-6-8-14(19)9-7-13/h4,6-9,15H,1,5,10-11H2,2-3H3. The number of amides is 1. The smallest absolute Gasteiger partial charge is 0.336 e. The van der Waals surface area contributed by atoms with E-state index in [1.54, 1.807) is 37.0 Å². The van der Waals surface area contributed by atoms with Gasteiger partial charge in [0.05, 0.1) is 12.2 Å². The molecule has 122 valence electrons. The van der Waals surface area contributed by atoms with Crippen molar-refractivity contribution in [3.8, 4) is 0 Å². The van der Waals surface area contributed by atoms with Gasteiger partial charge in [0.25, 0.3) is 0 Å². The van der Waals surface area contributed by atoms with Gasteiger partial charge in [0, 0.05) is 29.6 Å². The van der Waals surface area contributed by atoms with Crippen molar-refractivity contribution in [2.75, 3.05) is 13.2 Å². The van der Waals surface area contributed by atoms with Gasteiger partial charge in [-0.05, 0) is 31.5 Å². The molecule has 1 amide bonds. The molecule has 0 radical (unpaired) electrons. The van der Waals surface area contributed by atoms with Gasteiger partial charge in [-0.1, -0.05) is 29.8 Å². The molecule has 0 aromatic heterocycles. The Balaban J connectivity index is 2.50. The number of hydrogen-bond acceptors (Lipinski definition) is 3. The molecule has 0 N–H and O–H groups in total. The Hall–Kier alpha value is -2.07. The monoisotopic (exact) mass is 333 g/mol. The van der Waals surface area contributed by atoms with Gasteiger partial charge in [-0.25, -0.2) is 4.79 Å². The number of benzene rings is 1. The summed E-state index contributed by atoms with van der Waals surface area (Å²) in [5.74, 6) is -0.734. The molecule has 1 aromatic rings. The van der Waals surface area contributed by atoms with Crippen LogP contribution in [-0.4, -0.2) is 29.9 Å². The lowest BCUT2D eigenvalue weighted by Gasteiger charge is -2.33. The van der Waals surface area contributed by atoms with Gasteiger partial charge >= 0.3 is 5.97 Å². The summed E-state index contributed by atoms with van der Waals surface area (Å²) < 4.78 is 5.20. The van der Waals surface area contributed by atoms with Crippen molar-refractivity contribution in [3.63, 3.8) is 0 Å². The van der Waals surface area contributed by atoms with E-state index in [-0.39, 0.29) is 24.2 Å². The molecule has 1 aliphatic heterocycles. The maximum atomic E-state index is 12.4. The van der Waals surface area contributed by atoms with Crippen LogP contribution in [0.25, 0.3) is 0 Å². The maximum absolute atomic E-state index is 12.4. The molecule has 5 heteroatoms. The van der Waals surface area contributed by atoms with Gasteiger partial charge in [-0.2, -0.15) is 0 Å². The van der Waals surface area contributed by atoms with Gasteiger partial charge in [-0.15, -0.1) is 6.58 Å². The third-order valence-corrected chi connectivity index (χ3v) is 4.15. The Morgan fingerprint density at radius 1 is 1.43 bits per heavy atom. The summed E-state index contributed by atoms with van der Waals surface area (Å²) in [6.07, 6.45) is 1.87. The van der Waals surface area contributed by atoms with Crippen LogP contribution in [0, 0.1) is 0 Å². The first kappa shape index (κ1) is 17.3. The highest BCUT2D eigenvalue weighted by molar-refractivity contribution is 6.30. The number of hydrogen-bond donors (Lipinski definition) is 0. The van der Waals surface area contributed by atoms with Crippen LogP contribution in [-0.2, 0) is 14.3 Å². The lowest BCUT2D eigenvalue weighted by molar-refractivity contribution is -0.139. The Labute approximate surface area is 141 Å². The van der Waals surface area contributed by atoms with Crippen LogP contribution in [0.3, 0.4) is 0 Å². The SMILES string of the molecule is C=CCN1C(=O)CC(c2ccc(Cl)cc2)C(C(=O)OCC)=C1C. The first-order valence-electron chi connectivity index (χ1n) is 7.54. The third kappa shape index (κ3) is 3.64. The molecular weight excluding hydrogens is 314 g/mol. The van der Waals surface area contributed by atoms with E-state index in [4.69, 9.17) is 16.3 Å². The fourth-order valence-corrected chi connectivity index (χ4v) is 2.94. The fourth-order valence-electron chi connectivity index (χ4n) is 2.82. The zero-order valence-corrected chi connectivity index (χ0v) is 14.1. The molecular formula is C18H20ClNO3. The second-order valence-corrected chi connectivity index (χ2v) is 5.76. The van der Waals surface area contributed by atoms with Crippen LogP contribution in [0.2, 0.25) is 5.02 Å². The molecule has 2 rings (SSSR count). The molecule has 4 nitrogen and oxygen atoms in total. The van der Waals surface area contributed by atoms with Gasteiger partial charge < -0.3 is 9.64 Å². The Kier molecular flexibility index (Phi) is 5.61. The number of allylic oxidation sites excluding steroid dienone is 1. The Morgan fingerprint density at radius 2 is 2.09 bits per heavy atom. The predicted molar refractivity (Wildman–Crippen MR) is 90.1 cm³/mol. The quantitative estimate of drug-likeness (QED) is 0.610. The van der Waals surface area contributed by atoms with E-state index in [1.165, 1.54) is 0 Å². The molecule has 1 atom stereocenters. The molecule has 0 saturated carbocycles. The van der Waals surface area contributed by atoms with Gasteiger partial charge in [0.2, 0.25) is 5.91 Å². The van der Waals surface area contributed by atoms with E-state index in [9.17, 15) is 9.59 Å². The molecule has 23 heavy (non-hydrogen) atoms. The minimum atomic E-state index is -0.383. The minimum absolute atomic E-state index is 0.0320. The van der Waals surface area contributed by atoms with Crippen LogP contribution >= 0.6 is 11.6 Å². The van der Waals surface area contributed by atoms with E-state index in [0.29, 0.717) is 29.4 Å². The third-order valence-electron chi connectivity index (χ3n) is 3.90. The minimum Gasteiger partial charge on any atom is -0.463 e. The summed E-state index contributed by atoms with van der Waals surface area (Å²) in [4.78, 5) is 26.5. The molecule has 0 spiro atoms. The van der Waals surface area contributed by atoms with Crippen molar-refractivity contribution in [1.29, 1.82) is 0 Å². The normalized spacial score (nSPS) is 18.1. The summed E-state index contributed by atoms with van der Waals surface area (Å²) in [7, 11) is 0. The number of nitrogens with zero attached hydrogens (tertiary/aromatic N) is 1. The average Bonchev–Trinajstić information content (AvgIpc) is 2.51. The zero-order valence-electron chi connectivity index (χ0n) is 13.3. The lowest BCUT2D eigenvalue weighted by Crippen LogP contribution is -2.38. The first-order valence-corrected chi connectivity index (χ1v) is 7.92. The van der Waals surface area contributed by atoms with E-state index in [2.05, 4.69) is 6.58 Å². The van der Waals surface area contributed by atoms with Crippen LogP contribution in [0.4, 0.5) is 0 Å². The molecule has 1 heterocycles. The van der Waals surface area contributed by atoms with E-state index in [1.807, 2.05) is 12.1 Å². The topological polar surface area (TPSA) is 46.6 Å². The zero-order chi connectivity index (χ0) is 17.0. The Bertz CT molecular complexity index is 649. The van der Waals surface area contributed by atoms with E-state index in [0.717, 1.165) is 5.56 Å². The number of carbonyl (C=O) groups excluding carboxylic acids is 2. The van der Waals surface area contributed by atoms with Gasteiger partial charge in [0.1, 0.15) is 0 Å². The lowest BCUT2D eigenvalue weighted by atomic mass is 9.83. The number of rotatable bonds is 5. The fraction of sp³-hybridized carbons (Fsp3) is 0.333. The summed E-state index contributed by atoms with van der Waals surface area (Å²) in [5.41, 5.74) is 2.03. The van der Waals surface area contributed by atoms with Crippen LogP contribution in [0.15, 0.2) is 48.2 Å². The van der Waals surface area contributed by atoms with Crippen LogP contribution < -0.4 is 0 Å². The van der Waals surface area contributed by atoms with Crippen molar-refractivity contribution in [2.24, 2.45) is 0 Å². The highest BCUT2D eigenvalue weighted by atomic mass is 35.5. The summed E-state index contributed by atoms with van der Waals surface area (Å²) in [6, 6.07) is 7.21. The maximum Gasteiger partial charge on any atom is 0.336 e. The molecule has 1 aromatic carbocycles. The van der Waals surface area contributed by atoms with Crippen molar-refractivity contribution in [1.82, 2.24) is 4.90 Å². The second-order valence-electron chi connectivity index (χ2n) is 5.32. The highest BCUT2D eigenvalue weighted by Gasteiger charge is 2.36. The molecule has 0 aliphatic carbocycles.